The van der Waals surface area contributed by atoms with Gasteiger partial charge in [-0.25, -0.2) is 0 Å². The number of benzene rings is 3. The molecule has 4 aromatic rings. The molecule has 4 rings (SSSR count). The van der Waals surface area contributed by atoms with Gasteiger partial charge in [-0.05, 0) is 37.3 Å². The van der Waals surface area contributed by atoms with E-state index >= 15 is 0 Å². The summed E-state index contributed by atoms with van der Waals surface area (Å²) in [7, 11) is 1.56. The van der Waals surface area contributed by atoms with Crippen molar-refractivity contribution in [1.29, 1.82) is 0 Å². The van der Waals surface area contributed by atoms with Crippen molar-refractivity contribution in [3.05, 3.63) is 66.2 Å². The molecule has 0 spiro atoms. The second-order valence-electron chi connectivity index (χ2n) is 6.27. The zero-order chi connectivity index (χ0) is 18.8. The summed E-state index contributed by atoms with van der Waals surface area (Å²) in [5, 5.41) is 4.77. The van der Waals surface area contributed by atoms with Crippen molar-refractivity contribution in [3.8, 4) is 11.5 Å². The third-order valence-electron chi connectivity index (χ3n) is 4.38. The highest BCUT2D eigenvalue weighted by Gasteiger charge is 2.17. The van der Waals surface area contributed by atoms with Gasteiger partial charge >= 0.3 is 0 Å². The van der Waals surface area contributed by atoms with Crippen LogP contribution in [0.3, 0.4) is 0 Å². The van der Waals surface area contributed by atoms with E-state index in [1.54, 1.807) is 7.11 Å². The van der Waals surface area contributed by atoms with Crippen LogP contribution in [0, 0.1) is 6.92 Å². The molecule has 0 unspecified atom stereocenters. The first kappa shape index (κ1) is 17.0. The number of hydrogen-bond donors (Lipinski definition) is 1. The van der Waals surface area contributed by atoms with E-state index in [2.05, 4.69) is 5.32 Å². The highest BCUT2D eigenvalue weighted by molar-refractivity contribution is 6.12. The molecule has 0 bridgehead atoms. The van der Waals surface area contributed by atoms with Crippen molar-refractivity contribution in [1.82, 2.24) is 0 Å². The minimum Gasteiger partial charge on any atom is -0.494 e. The molecule has 5 nitrogen and oxygen atoms in total. The molecule has 1 heterocycles. The summed E-state index contributed by atoms with van der Waals surface area (Å²) in [5.74, 6) is 0.886. The number of aryl methyl sites for hydroxylation is 1. The molecule has 0 atom stereocenters. The van der Waals surface area contributed by atoms with Crippen molar-refractivity contribution in [2.45, 2.75) is 6.92 Å². The molecule has 3 aromatic carbocycles. The fourth-order valence-electron chi connectivity index (χ4n) is 3.02. The van der Waals surface area contributed by atoms with Crippen LogP contribution in [0.5, 0.6) is 11.5 Å². The maximum Gasteiger partial charge on any atom is 0.262 e. The third kappa shape index (κ3) is 3.31. The fourth-order valence-corrected chi connectivity index (χ4v) is 3.02. The molecule has 1 aromatic heterocycles. The lowest BCUT2D eigenvalue weighted by atomic mass is 10.1. The van der Waals surface area contributed by atoms with Gasteiger partial charge in [-0.1, -0.05) is 35.9 Å². The Hall–Kier alpha value is -3.47. The van der Waals surface area contributed by atoms with Gasteiger partial charge in [0.25, 0.3) is 5.91 Å². The molecule has 0 saturated heterocycles. The Bertz CT molecular complexity index is 1110. The maximum atomic E-state index is 12.4. The number of nitrogens with one attached hydrogen (secondary N) is 1. The molecule has 0 aliphatic heterocycles. The number of hydrogen-bond acceptors (Lipinski definition) is 4. The smallest absolute Gasteiger partial charge is 0.262 e. The second kappa shape index (κ2) is 7.03. The van der Waals surface area contributed by atoms with Crippen LogP contribution in [-0.4, -0.2) is 19.6 Å². The predicted molar refractivity (Wildman–Crippen MR) is 106 cm³/mol. The van der Waals surface area contributed by atoms with Crippen molar-refractivity contribution in [2.24, 2.45) is 0 Å². The summed E-state index contributed by atoms with van der Waals surface area (Å²) < 4.78 is 16.9. The van der Waals surface area contributed by atoms with Gasteiger partial charge < -0.3 is 19.2 Å². The minimum absolute atomic E-state index is 0.108. The first-order valence-corrected chi connectivity index (χ1v) is 8.63. The highest BCUT2D eigenvalue weighted by Crippen LogP contribution is 2.38. The van der Waals surface area contributed by atoms with E-state index in [1.165, 1.54) is 0 Å². The minimum atomic E-state index is -0.290. The van der Waals surface area contributed by atoms with Crippen LogP contribution in [0.25, 0.3) is 21.9 Å². The predicted octanol–water partition coefficient (Wildman–Crippen LogP) is 4.92. The van der Waals surface area contributed by atoms with E-state index in [0.29, 0.717) is 22.8 Å². The second-order valence-corrected chi connectivity index (χ2v) is 6.27. The lowest BCUT2D eigenvalue weighted by Crippen LogP contribution is -2.20. The Morgan fingerprint density at radius 3 is 2.56 bits per heavy atom. The largest absolute Gasteiger partial charge is 0.494 e. The standard InChI is InChI=1S/C22H19NO4/c1-14-7-9-15(10-8-14)26-13-20(24)23-21-19(25-2)12-11-17-16-5-3-4-6-18(16)27-22(17)21/h3-12H,13H2,1-2H3,(H,23,24). The summed E-state index contributed by atoms with van der Waals surface area (Å²) in [6.45, 7) is 1.89. The molecule has 0 fully saturated rings. The summed E-state index contributed by atoms with van der Waals surface area (Å²) >= 11 is 0. The first-order valence-electron chi connectivity index (χ1n) is 8.63. The van der Waals surface area contributed by atoms with E-state index in [-0.39, 0.29) is 12.5 Å². The van der Waals surface area contributed by atoms with E-state index in [1.807, 2.05) is 67.6 Å². The van der Waals surface area contributed by atoms with Gasteiger partial charge in [-0.2, -0.15) is 0 Å². The molecule has 1 amide bonds. The van der Waals surface area contributed by atoms with Crippen molar-refractivity contribution >= 4 is 33.5 Å². The number of carbonyl (C=O) groups is 1. The SMILES string of the molecule is COc1ccc2c(oc3ccccc32)c1NC(=O)COc1ccc(C)cc1. The van der Waals surface area contributed by atoms with Crippen LogP contribution in [0.1, 0.15) is 5.56 Å². The molecule has 0 saturated carbocycles. The lowest BCUT2D eigenvalue weighted by molar-refractivity contribution is -0.118. The topological polar surface area (TPSA) is 60.7 Å². The first-order chi connectivity index (χ1) is 13.2. The third-order valence-corrected chi connectivity index (χ3v) is 4.38. The van der Waals surface area contributed by atoms with Crippen LogP contribution in [-0.2, 0) is 4.79 Å². The van der Waals surface area contributed by atoms with E-state index in [4.69, 9.17) is 13.9 Å². The molecule has 0 aliphatic rings. The van der Waals surface area contributed by atoms with Gasteiger partial charge in [-0.15, -0.1) is 0 Å². The summed E-state index contributed by atoms with van der Waals surface area (Å²) in [5.41, 5.74) is 2.98. The molecule has 136 valence electrons. The number of furan rings is 1. The van der Waals surface area contributed by atoms with Gasteiger partial charge in [0, 0.05) is 10.8 Å². The van der Waals surface area contributed by atoms with E-state index in [0.717, 1.165) is 21.9 Å². The number of carbonyl (C=O) groups excluding carboxylic acids is 1. The lowest BCUT2D eigenvalue weighted by Gasteiger charge is -2.11. The number of methoxy groups -OCH3 is 1. The normalized spacial score (nSPS) is 10.9. The Morgan fingerprint density at radius 1 is 1.00 bits per heavy atom. The molecule has 5 heteroatoms. The summed E-state index contributed by atoms with van der Waals surface area (Å²) in [6.07, 6.45) is 0. The summed E-state index contributed by atoms with van der Waals surface area (Å²) in [4.78, 5) is 12.4. The Balaban J connectivity index is 1.61. The van der Waals surface area contributed by atoms with E-state index in [9.17, 15) is 4.79 Å². The van der Waals surface area contributed by atoms with Gasteiger partial charge in [0.05, 0.1) is 7.11 Å². The van der Waals surface area contributed by atoms with Crippen LogP contribution < -0.4 is 14.8 Å². The van der Waals surface area contributed by atoms with Crippen molar-refractivity contribution in [2.75, 3.05) is 19.0 Å². The quantitative estimate of drug-likeness (QED) is 0.548. The summed E-state index contributed by atoms with van der Waals surface area (Å²) in [6, 6.07) is 19.0. The van der Waals surface area contributed by atoms with Crippen LogP contribution in [0.4, 0.5) is 5.69 Å². The van der Waals surface area contributed by atoms with Crippen molar-refractivity contribution in [3.63, 3.8) is 0 Å². The Labute approximate surface area is 156 Å². The molecule has 1 N–H and O–H groups in total. The zero-order valence-electron chi connectivity index (χ0n) is 15.1. The van der Waals surface area contributed by atoms with Crippen LogP contribution in [0.2, 0.25) is 0 Å². The van der Waals surface area contributed by atoms with Gasteiger partial charge in [0.1, 0.15) is 22.8 Å². The monoisotopic (exact) mass is 361 g/mol. The van der Waals surface area contributed by atoms with E-state index < -0.39 is 0 Å². The number of para-hydroxylation sites is 1. The highest BCUT2D eigenvalue weighted by atomic mass is 16.5. The maximum absolute atomic E-state index is 12.4. The molecule has 27 heavy (non-hydrogen) atoms. The number of ether oxygens (including phenoxy) is 2. The Morgan fingerprint density at radius 2 is 1.78 bits per heavy atom. The average Bonchev–Trinajstić information content (AvgIpc) is 3.07. The Kier molecular flexibility index (Phi) is 4.42. The van der Waals surface area contributed by atoms with Gasteiger partial charge in [-0.3, -0.25) is 4.79 Å². The number of amides is 1. The van der Waals surface area contributed by atoms with Gasteiger partial charge in [0.15, 0.2) is 12.2 Å². The molecule has 0 aliphatic carbocycles. The number of fused-ring (bicyclic) bond motifs is 3. The van der Waals surface area contributed by atoms with Crippen LogP contribution >= 0.6 is 0 Å². The molecule has 0 radical (unpaired) electrons. The van der Waals surface area contributed by atoms with Crippen LogP contribution in [0.15, 0.2) is 65.1 Å². The molecular formula is C22H19NO4. The van der Waals surface area contributed by atoms with Crippen molar-refractivity contribution < 1.29 is 18.7 Å². The van der Waals surface area contributed by atoms with Gasteiger partial charge in [0.2, 0.25) is 0 Å². The number of rotatable bonds is 5. The zero-order valence-corrected chi connectivity index (χ0v) is 15.1. The fraction of sp³-hybridized carbons (Fsp3) is 0.136. The average molecular weight is 361 g/mol. The number of anilines is 1. The molecular weight excluding hydrogens is 342 g/mol.